The van der Waals surface area contributed by atoms with E-state index < -0.39 is 14.9 Å². The standard InChI is InChI=1S/C12H9ClFNO3S/c1-8-7-9(14)4-5-10(8)18-12-11(19(13,16)17)3-2-6-15-12/h2-7H,1H3. The highest BCUT2D eigenvalue weighted by atomic mass is 35.7. The Kier molecular flexibility index (Phi) is 3.73. The van der Waals surface area contributed by atoms with Crippen molar-refractivity contribution in [1.29, 1.82) is 0 Å². The van der Waals surface area contributed by atoms with Crippen LogP contribution in [0.3, 0.4) is 0 Å². The molecule has 1 aromatic carbocycles. The lowest BCUT2D eigenvalue weighted by molar-refractivity contribution is 0.443. The number of benzene rings is 1. The summed E-state index contributed by atoms with van der Waals surface area (Å²) in [7, 11) is 1.32. The molecule has 0 unspecified atom stereocenters. The normalized spacial score (nSPS) is 11.3. The maximum Gasteiger partial charge on any atom is 0.266 e. The highest BCUT2D eigenvalue weighted by molar-refractivity contribution is 8.13. The first-order valence-electron chi connectivity index (χ1n) is 5.21. The lowest BCUT2D eigenvalue weighted by Crippen LogP contribution is -1.98. The Morgan fingerprint density at radius 1 is 1.32 bits per heavy atom. The average Bonchev–Trinajstić information content (AvgIpc) is 2.32. The molecule has 100 valence electrons. The molecule has 0 spiro atoms. The molecule has 0 fully saturated rings. The van der Waals surface area contributed by atoms with E-state index in [1.54, 1.807) is 6.92 Å². The van der Waals surface area contributed by atoms with Gasteiger partial charge in [0.05, 0.1) is 0 Å². The van der Waals surface area contributed by atoms with Gasteiger partial charge in [0.15, 0.2) is 0 Å². The second-order valence-corrected chi connectivity index (χ2v) is 6.29. The minimum absolute atomic E-state index is 0.146. The van der Waals surface area contributed by atoms with Crippen LogP contribution in [-0.4, -0.2) is 13.4 Å². The molecular weight excluding hydrogens is 293 g/mol. The number of rotatable bonds is 3. The molecule has 1 aromatic heterocycles. The molecule has 0 aliphatic rings. The molecule has 19 heavy (non-hydrogen) atoms. The van der Waals surface area contributed by atoms with E-state index in [0.717, 1.165) is 0 Å². The van der Waals surface area contributed by atoms with Gasteiger partial charge < -0.3 is 4.74 Å². The third-order valence-electron chi connectivity index (χ3n) is 2.34. The third-order valence-corrected chi connectivity index (χ3v) is 3.68. The molecule has 0 aliphatic carbocycles. The summed E-state index contributed by atoms with van der Waals surface area (Å²) >= 11 is 0. The average molecular weight is 302 g/mol. The van der Waals surface area contributed by atoms with Gasteiger partial charge in [-0.3, -0.25) is 0 Å². The van der Waals surface area contributed by atoms with Gasteiger partial charge in [-0.15, -0.1) is 0 Å². The predicted octanol–water partition coefficient (Wildman–Crippen LogP) is 3.25. The lowest BCUT2D eigenvalue weighted by Gasteiger charge is -2.09. The van der Waals surface area contributed by atoms with Crippen LogP contribution >= 0.6 is 10.7 Å². The molecule has 2 aromatic rings. The molecule has 4 nitrogen and oxygen atoms in total. The van der Waals surface area contributed by atoms with Crippen molar-refractivity contribution < 1.29 is 17.5 Å². The van der Waals surface area contributed by atoms with Crippen molar-refractivity contribution >= 4 is 19.7 Å². The molecule has 1 heterocycles. The van der Waals surface area contributed by atoms with E-state index in [4.69, 9.17) is 15.4 Å². The number of ether oxygens (including phenoxy) is 1. The second-order valence-electron chi connectivity index (χ2n) is 3.76. The van der Waals surface area contributed by atoms with Crippen LogP contribution in [0.5, 0.6) is 11.6 Å². The number of pyridine rings is 1. The maximum atomic E-state index is 13.0. The summed E-state index contributed by atoms with van der Waals surface area (Å²) < 4.78 is 41.1. The van der Waals surface area contributed by atoms with Crippen LogP contribution in [-0.2, 0) is 9.05 Å². The third kappa shape index (κ3) is 3.21. The fraction of sp³-hybridized carbons (Fsp3) is 0.0833. The van der Waals surface area contributed by atoms with E-state index in [2.05, 4.69) is 4.98 Å². The van der Waals surface area contributed by atoms with E-state index in [1.807, 2.05) is 0 Å². The zero-order valence-electron chi connectivity index (χ0n) is 9.80. The zero-order valence-corrected chi connectivity index (χ0v) is 11.4. The summed E-state index contributed by atoms with van der Waals surface area (Å²) in [6.45, 7) is 1.64. The van der Waals surface area contributed by atoms with Crippen molar-refractivity contribution in [1.82, 2.24) is 4.98 Å². The van der Waals surface area contributed by atoms with Crippen LogP contribution in [0, 0.1) is 12.7 Å². The van der Waals surface area contributed by atoms with Gasteiger partial charge in [-0.1, -0.05) is 0 Å². The van der Waals surface area contributed by atoms with Crippen molar-refractivity contribution in [2.75, 3.05) is 0 Å². The SMILES string of the molecule is Cc1cc(F)ccc1Oc1ncccc1S(=O)(=O)Cl. The number of nitrogens with zero attached hydrogens (tertiary/aromatic N) is 1. The van der Waals surface area contributed by atoms with E-state index >= 15 is 0 Å². The summed E-state index contributed by atoms with van der Waals surface area (Å²) in [6.07, 6.45) is 1.37. The Morgan fingerprint density at radius 3 is 2.68 bits per heavy atom. The van der Waals surface area contributed by atoms with Crippen LogP contribution in [0.25, 0.3) is 0 Å². The zero-order chi connectivity index (χ0) is 14.0. The van der Waals surface area contributed by atoms with Crippen LogP contribution in [0.4, 0.5) is 4.39 Å². The highest BCUT2D eigenvalue weighted by Crippen LogP contribution is 2.30. The van der Waals surface area contributed by atoms with Gasteiger partial charge in [0, 0.05) is 16.9 Å². The fourth-order valence-electron chi connectivity index (χ4n) is 1.47. The van der Waals surface area contributed by atoms with Gasteiger partial charge in [-0.25, -0.2) is 17.8 Å². The van der Waals surface area contributed by atoms with Gasteiger partial charge >= 0.3 is 0 Å². The van der Waals surface area contributed by atoms with E-state index in [9.17, 15) is 12.8 Å². The summed E-state index contributed by atoms with van der Waals surface area (Å²) in [5.41, 5.74) is 0.517. The quantitative estimate of drug-likeness (QED) is 0.817. The van der Waals surface area contributed by atoms with Crippen LogP contribution in [0.2, 0.25) is 0 Å². The van der Waals surface area contributed by atoms with Gasteiger partial charge in [-0.2, -0.15) is 0 Å². The minimum atomic E-state index is -3.96. The van der Waals surface area contributed by atoms with Crippen molar-refractivity contribution in [2.24, 2.45) is 0 Å². The highest BCUT2D eigenvalue weighted by Gasteiger charge is 2.18. The molecular formula is C12H9ClFNO3S. The van der Waals surface area contributed by atoms with Gasteiger partial charge in [0.1, 0.15) is 16.5 Å². The fourth-order valence-corrected chi connectivity index (χ4v) is 2.37. The summed E-state index contributed by atoms with van der Waals surface area (Å²) in [5.74, 6) is -0.245. The number of aromatic nitrogens is 1. The van der Waals surface area contributed by atoms with Crippen LogP contribution in [0.1, 0.15) is 5.56 Å². The summed E-state index contributed by atoms with van der Waals surface area (Å²) in [4.78, 5) is 3.59. The molecule has 0 saturated heterocycles. The molecule has 2 rings (SSSR count). The van der Waals surface area contributed by atoms with Crippen LogP contribution < -0.4 is 4.74 Å². The van der Waals surface area contributed by atoms with Crippen molar-refractivity contribution in [3.05, 3.63) is 47.9 Å². The van der Waals surface area contributed by atoms with E-state index in [-0.39, 0.29) is 10.8 Å². The second kappa shape index (κ2) is 5.14. The Hall–Kier alpha value is -1.66. The van der Waals surface area contributed by atoms with Crippen molar-refractivity contribution in [2.45, 2.75) is 11.8 Å². The summed E-state index contributed by atoms with van der Waals surface area (Å²) in [6, 6.07) is 6.58. The first kappa shape index (κ1) is 13.8. The van der Waals surface area contributed by atoms with Crippen molar-refractivity contribution in [3.63, 3.8) is 0 Å². The first-order valence-corrected chi connectivity index (χ1v) is 7.52. The minimum Gasteiger partial charge on any atom is -0.437 e. The van der Waals surface area contributed by atoms with E-state index in [1.165, 1.54) is 36.5 Å². The Morgan fingerprint density at radius 2 is 2.05 bits per heavy atom. The summed E-state index contributed by atoms with van der Waals surface area (Å²) in [5, 5.41) is 0. The first-order chi connectivity index (χ1) is 8.88. The molecule has 7 heteroatoms. The number of hydrogen-bond acceptors (Lipinski definition) is 4. The monoisotopic (exact) mass is 301 g/mol. The van der Waals surface area contributed by atoms with Crippen molar-refractivity contribution in [3.8, 4) is 11.6 Å². The van der Waals surface area contributed by atoms with Gasteiger partial charge in [0.2, 0.25) is 5.88 Å². The Balaban J connectivity index is 2.44. The molecule has 0 amide bonds. The maximum absolute atomic E-state index is 13.0. The molecule has 0 radical (unpaired) electrons. The number of aryl methyl sites for hydroxylation is 1. The molecule has 0 aliphatic heterocycles. The molecule has 0 bridgehead atoms. The van der Waals surface area contributed by atoms with E-state index in [0.29, 0.717) is 11.3 Å². The Bertz CT molecular complexity index is 719. The Labute approximate surface area is 114 Å². The van der Waals surface area contributed by atoms with Crippen LogP contribution in [0.15, 0.2) is 41.4 Å². The molecule has 0 N–H and O–H groups in total. The smallest absolute Gasteiger partial charge is 0.266 e. The van der Waals surface area contributed by atoms with Gasteiger partial charge in [-0.05, 0) is 42.8 Å². The lowest BCUT2D eigenvalue weighted by atomic mass is 10.2. The molecule has 0 atom stereocenters. The topological polar surface area (TPSA) is 56.3 Å². The van der Waals surface area contributed by atoms with Gasteiger partial charge in [0.25, 0.3) is 9.05 Å². The predicted molar refractivity (Wildman–Crippen MR) is 68.5 cm³/mol. The largest absolute Gasteiger partial charge is 0.437 e. The number of halogens is 2. The number of hydrogen-bond donors (Lipinski definition) is 0. The molecule has 0 saturated carbocycles.